The topological polar surface area (TPSA) is 105 Å². The Balaban J connectivity index is 1.60. The molecule has 4 rings (SSSR count). The second-order valence-electron chi connectivity index (χ2n) is 9.56. The summed E-state index contributed by atoms with van der Waals surface area (Å²) in [4.78, 5) is 28.4. The molecule has 0 saturated carbocycles. The summed E-state index contributed by atoms with van der Waals surface area (Å²) in [5.74, 6) is 1.15. The van der Waals surface area contributed by atoms with Gasteiger partial charge in [0.2, 0.25) is 0 Å². The smallest absolute Gasteiger partial charge is 0.410 e. The van der Waals surface area contributed by atoms with E-state index in [0.717, 1.165) is 23.4 Å². The van der Waals surface area contributed by atoms with Crippen molar-refractivity contribution in [3.63, 3.8) is 0 Å². The Morgan fingerprint density at radius 2 is 2.18 bits per heavy atom. The van der Waals surface area contributed by atoms with Crippen LogP contribution in [0, 0.1) is 0 Å². The van der Waals surface area contributed by atoms with Crippen LogP contribution in [0.15, 0.2) is 23.5 Å². The summed E-state index contributed by atoms with van der Waals surface area (Å²) in [5.41, 5.74) is 4.53. The maximum Gasteiger partial charge on any atom is 0.410 e. The first-order valence-electron chi connectivity index (χ1n) is 11.7. The van der Waals surface area contributed by atoms with Gasteiger partial charge in [-0.05, 0) is 59.2 Å². The molecule has 0 aromatic heterocycles. The van der Waals surface area contributed by atoms with Gasteiger partial charge in [0, 0.05) is 30.4 Å². The Kier molecular flexibility index (Phi) is 6.58. The molecule has 10 nitrogen and oxygen atoms in total. The van der Waals surface area contributed by atoms with Gasteiger partial charge in [-0.2, -0.15) is 5.10 Å². The Hall–Kier alpha value is -3.43. The molecule has 3 aliphatic rings. The van der Waals surface area contributed by atoms with Gasteiger partial charge in [-0.15, -0.1) is 0 Å². The van der Waals surface area contributed by atoms with E-state index in [1.54, 1.807) is 11.2 Å². The zero-order chi connectivity index (χ0) is 24.5. The van der Waals surface area contributed by atoms with Crippen molar-refractivity contribution in [1.82, 2.24) is 10.3 Å². The van der Waals surface area contributed by atoms with Crippen molar-refractivity contribution in [3.05, 3.63) is 24.0 Å². The Labute approximate surface area is 199 Å². The number of hydrogen-bond acceptors (Lipinski definition) is 8. The summed E-state index contributed by atoms with van der Waals surface area (Å²) in [7, 11) is 0. The summed E-state index contributed by atoms with van der Waals surface area (Å²) < 4.78 is 16.9. The molecule has 0 unspecified atom stereocenters. The number of fused-ring (bicyclic) bond motifs is 3. The van der Waals surface area contributed by atoms with Crippen LogP contribution in [0.1, 0.15) is 46.6 Å². The molecule has 3 heterocycles. The highest BCUT2D eigenvalue weighted by Crippen LogP contribution is 2.40. The molecule has 0 aliphatic carbocycles. The van der Waals surface area contributed by atoms with Gasteiger partial charge in [0.1, 0.15) is 24.0 Å². The number of amides is 2. The van der Waals surface area contributed by atoms with E-state index in [1.807, 2.05) is 57.7 Å². The minimum absolute atomic E-state index is 0.0459. The van der Waals surface area contributed by atoms with E-state index in [9.17, 15) is 9.59 Å². The fraction of sp³-hybridized carbons (Fsp3) is 0.542. The molecular weight excluding hydrogens is 438 g/mol. The molecule has 184 valence electrons. The molecule has 2 atom stereocenters. The fourth-order valence-electron chi connectivity index (χ4n) is 4.16. The van der Waals surface area contributed by atoms with E-state index in [1.165, 1.54) is 0 Å². The van der Waals surface area contributed by atoms with E-state index in [-0.39, 0.29) is 24.6 Å². The van der Waals surface area contributed by atoms with Crippen molar-refractivity contribution in [2.24, 2.45) is 5.10 Å². The fourth-order valence-corrected chi connectivity index (χ4v) is 4.16. The number of hydrazone groups is 1. The highest BCUT2D eigenvalue weighted by atomic mass is 16.6. The third-order valence-electron chi connectivity index (χ3n) is 5.80. The number of amidine groups is 1. The molecule has 0 radical (unpaired) electrons. The first kappa shape index (κ1) is 23.7. The number of carbonyl (C=O) groups is 2. The lowest BCUT2D eigenvalue weighted by Crippen LogP contribution is -2.55. The van der Waals surface area contributed by atoms with Crippen molar-refractivity contribution in [3.8, 4) is 5.75 Å². The monoisotopic (exact) mass is 471 g/mol. The number of nitrogens with one attached hydrogen (secondary N) is 2. The number of anilines is 2. The maximum absolute atomic E-state index is 12.5. The quantitative estimate of drug-likeness (QED) is 0.636. The minimum atomic E-state index is -0.533. The number of hydrogen-bond donors (Lipinski definition) is 2. The average molecular weight is 472 g/mol. The van der Waals surface area contributed by atoms with Crippen LogP contribution in [0.25, 0.3) is 6.08 Å². The largest absolute Gasteiger partial charge is 0.501 e. The van der Waals surface area contributed by atoms with Crippen molar-refractivity contribution in [2.45, 2.75) is 58.7 Å². The normalized spacial score (nSPS) is 21.9. The first-order chi connectivity index (χ1) is 16.2. The molecule has 1 aromatic rings. The molecule has 1 aromatic carbocycles. The summed E-state index contributed by atoms with van der Waals surface area (Å²) in [6.45, 7) is 11.3. The van der Waals surface area contributed by atoms with Gasteiger partial charge in [0.25, 0.3) is 5.91 Å². The first-order valence-corrected chi connectivity index (χ1v) is 11.7. The highest BCUT2D eigenvalue weighted by molar-refractivity contribution is 6.09. The predicted octanol–water partition coefficient (Wildman–Crippen LogP) is 3.15. The third-order valence-corrected chi connectivity index (χ3v) is 5.80. The van der Waals surface area contributed by atoms with Crippen LogP contribution in [0.5, 0.6) is 5.75 Å². The van der Waals surface area contributed by atoms with Crippen LogP contribution < -0.4 is 20.4 Å². The van der Waals surface area contributed by atoms with Crippen molar-refractivity contribution >= 4 is 35.3 Å². The zero-order valence-electron chi connectivity index (χ0n) is 20.4. The van der Waals surface area contributed by atoms with Crippen molar-refractivity contribution in [1.29, 1.82) is 0 Å². The number of carbonyl (C=O) groups excluding carboxylic acids is 2. The number of benzene rings is 1. The van der Waals surface area contributed by atoms with Crippen LogP contribution in [0.2, 0.25) is 0 Å². The lowest BCUT2D eigenvalue weighted by Gasteiger charge is -2.38. The van der Waals surface area contributed by atoms with Crippen LogP contribution in [-0.2, 0) is 14.3 Å². The molecule has 3 aliphatic heterocycles. The second kappa shape index (κ2) is 9.44. The highest BCUT2D eigenvalue weighted by Gasteiger charge is 2.36. The molecule has 1 saturated heterocycles. The van der Waals surface area contributed by atoms with Crippen LogP contribution in [0.3, 0.4) is 0 Å². The molecule has 2 amide bonds. The van der Waals surface area contributed by atoms with Gasteiger partial charge in [-0.25, -0.2) is 10.2 Å². The van der Waals surface area contributed by atoms with Crippen LogP contribution in [-0.4, -0.2) is 66.7 Å². The van der Waals surface area contributed by atoms with E-state index in [2.05, 4.69) is 15.8 Å². The van der Waals surface area contributed by atoms with E-state index < -0.39 is 11.6 Å². The number of rotatable bonds is 5. The Bertz CT molecular complexity index is 1020. The number of ether oxygens (including phenoxy) is 3. The molecule has 0 spiro atoms. The lowest BCUT2D eigenvalue weighted by molar-refractivity contribution is -0.122. The molecule has 1 fully saturated rings. The van der Waals surface area contributed by atoms with E-state index in [0.29, 0.717) is 31.3 Å². The summed E-state index contributed by atoms with van der Waals surface area (Å²) in [6, 6.07) is 3.54. The second-order valence-corrected chi connectivity index (χ2v) is 9.56. The standard InChI is InChI=1S/C24H33N5O5/c1-6-32-10-8-16-11-20-19(29-15(2)22(30)27-26-21(29)14-33-20)12-18(16)25-17-7-9-28(13-17)23(31)34-24(3,4)5/h8,10-12,15,17,25H,6-7,9,13-14H2,1-5H3,(H,27,30)/b10-8+/t15-,17-/m1/s1. The summed E-state index contributed by atoms with van der Waals surface area (Å²) >= 11 is 0. The molecule has 0 bridgehead atoms. The van der Waals surface area contributed by atoms with Crippen molar-refractivity contribution < 1.29 is 23.8 Å². The Morgan fingerprint density at radius 3 is 2.91 bits per heavy atom. The third kappa shape index (κ3) is 5.05. The van der Waals surface area contributed by atoms with E-state index in [4.69, 9.17) is 14.2 Å². The van der Waals surface area contributed by atoms with Gasteiger partial charge < -0.3 is 29.3 Å². The maximum atomic E-state index is 12.5. The summed E-state index contributed by atoms with van der Waals surface area (Å²) in [6.07, 6.45) is 4.02. The van der Waals surface area contributed by atoms with Gasteiger partial charge >= 0.3 is 6.09 Å². The number of nitrogens with zero attached hydrogens (tertiary/aromatic N) is 3. The van der Waals surface area contributed by atoms with Crippen LogP contribution >= 0.6 is 0 Å². The zero-order valence-corrected chi connectivity index (χ0v) is 20.4. The lowest BCUT2D eigenvalue weighted by atomic mass is 10.1. The molecule has 34 heavy (non-hydrogen) atoms. The summed E-state index contributed by atoms with van der Waals surface area (Å²) in [5, 5.41) is 7.74. The predicted molar refractivity (Wildman–Crippen MR) is 130 cm³/mol. The molecule has 2 N–H and O–H groups in total. The minimum Gasteiger partial charge on any atom is -0.501 e. The molecule has 10 heteroatoms. The van der Waals surface area contributed by atoms with Gasteiger partial charge in [0.05, 0.1) is 18.6 Å². The molecular formula is C24H33N5O5. The van der Waals surface area contributed by atoms with Crippen molar-refractivity contribution in [2.75, 3.05) is 36.5 Å². The number of likely N-dealkylation sites (tertiary alicyclic amines) is 1. The SMILES string of the molecule is CCO/C=C/c1cc2c(cc1N[C@@H]1CCN(C(=O)OC(C)(C)C)C1)N1C(=NNC(=O)[C@H]1C)CO2. The Morgan fingerprint density at radius 1 is 1.38 bits per heavy atom. The van der Waals surface area contributed by atoms with Crippen LogP contribution in [0.4, 0.5) is 16.2 Å². The van der Waals surface area contributed by atoms with E-state index >= 15 is 0 Å². The van der Waals surface area contributed by atoms with Gasteiger partial charge in [-0.3, -0.25) is 4.79 Å². The van der Waals surface area contributed by atoms with Gasteiger partial charge in [-0.1, -0.05) is 0 Å². The average Bonchev–Trinajstić information content (AvgIpc) is 3.24. The van der Waals surface area contributed by atoms with Gasteiger partial charge in [0.15, 0.2) is 5.84 Å².